The van der Waals surface area contributed by atoms with Crippen molar-refractivity contribution < 1.29 is 51.0 Å². The lowest BCUT2D eigenvalue weighted by atomic mass is 9.77. The van der Waals surface area contributed by atoms with Gasteiger partial charge in [-0.15, -0.1) is 0 Å². The zero-order chi connectivity index (χ0) is 46.0. The number of phosphoric acid groups is 1. The number of nitrogens with zero attached hydrogens (tertiary/aromatic N) is 2. The number of hydrogen-bond donors (Lipinski definition) is 4. The lowest BCUT2D eigenvalue weighted by molar-refractivity contribution is -0.140. The molecule has 1 heterocycles. The number of amides is 2. The molecule has 13 nitrogen and oxygen atoms in total. The minimum atomic E-state index is -5.11. The number of ketones is 2. The number of pyridine rings is 1. The summed E-state index contributed by atoms with van der Waals surface area (Å²) < 4.78 is 71.9. The fourth-order valence-electron chi connectivity index (χ4n) is 6.12. The smallest absolute Gasteiger partial charge is 0.350 e. The van der Waals surface area contributed by atoms with E-state index in [-0.39, 0.29) is 31.7 Å². The Morgan fingerprint density at radius 3 is 2.09 bits per heavy atom. The zero-order valence-electron chi connectivity index (χ0n) is 38.2. The second-order valence-corrected chi connectivity index (χ2v) is 16.2. The van der Waals surface area contributed by atoms with E-state index in [1.54, 1.807) is 54.7 Å². The van der Waals surface area contributed by atoms with Crippen molar-refractivity contribution in [2.24, 2.45) is 22.7 Å². The molecule has 55 heavy (non-hydrogen) atoms. The number of carbonyl (C=O) groups excluding carboxylic acids is 4. The largest absolute Gasteiger partial charge is 0.471 e. The zero-order valence-corrected chi connectivity index (χ0v) is 33.0. The van der Waals surface area contributed by atoms with Gasteiger partial charge in [-0.1, -0.05) is 102 Å². The molecule has 0 radical (unpaired) electrons. The maximum atomic E-state index is 14.5. The summed E-state index contributed by atoms with van der Waals surface area (Å²) in [6.07, 6.45) is -0.301. The van der Waals surface area contributed by atoms with E-state index in [1.165, 1.54) is 11.9 Å². The highest BCUT2D eigenvalue weighted by Gasteiger charge is 2.37. The quantitative estimate of drug-likeness (QED) is 0.0595. The van der Waals surface area contributed by atoms with Crippen molar-refractivity contribution in [2.45, 2.75) is 93.2 Å². The Balaban J connectivity index is 2.21. The number of benzene rings is 2. The van der Waals surface area contributed by atoms with Crippen LogP contribution in [0, 0.1) is 22.7 Å². The predicted molar refractivity (Wildman–Crippen MR) is 210 cm³/mol. The SMILES string of the molecule is [2H]C([2H])([2H])C(C)([C@H](NC(C)=O)C(=O)C[C@@H](Cc1ccccc1)[C@H](CN(Cc1ccc(-c2ccccn2)cc1)NC(=O)[C@@H](CC(C)=O)C(C)(C)C)OCOP(=O)(O)O)C([2H])([2H])[2H]. The molecule has 3 aromatic rings. The van der Waals surface area contributed by atoms with Gasteiger partial charge in [0.1, 0.15) is 5.78 Å². The van der Waals surface area contributed by atoms with Gasteiger partial charge in [-0.2, -0.15) is 0 Å². The molecule has 4 atom stereocenters. The first-order valence-electron chi connectivity index (χ1n) is 20.8. The summed E-state index contributed by atoms with van der Waals surface area (Å²) >= 11 is 0. The lowest BCUT2D eigenvalue weighted by Crippen LogP contribution is -2.52. The van der Waals surface area contributed by atoms with Crippen LogP contribution >= 0.6 is 7.82 Å². The molecule has 4 N–H and O–H groups in total. The molecule has 0 aliphatic heterocycles. The van der Waals surface area contributed by atoms with Crippen molar-refractivity contribution in [1.29, 1.82) is 0 Å². The molecule has 0 fully saturated rings. The van der Waals surface area contributed by atoms with Crippen LogP contribution in [-0.4, -0.2) is 68.6 Å². The van der Waals surface area contributed by atoms with Crippen molar-refractivity contribution in [3.8, 4) is 11.3 Å². The van der Waals surface area contributed by atoms with Crippen LogP contribution in [0.4, 0.5) is 0 Å². The normalized spacial score (nSPS) is 16.5. The molecule has 3 rings (SSSR count). The third-order valence-corrected chi connectivity index (χ3v) is 9.33. The Kier molecular flexibility index (Phi) is 13.4. The van der Waals surface area contributed by atoms with Gasteiger partial charge in [0.2, 0.25) is 11.8 Å². The summed E-state index contributed by atoms with van der Waals surface area (Å²) in [6.45, 7) is 0.876. The van der Waals surface area contributed by atoms with Gasteiger partial charge >= 0.3 is 7.82 Å². The van der Waals surface area contributed by atoms with Crippen molar-refractivity contribution in [2.75, 3.05) is 13.3 Å². The third kappa shape index (κ3) is 15.9. The summed E-state index contributed by atoms with van der Waals surface area (Å²) in [6, 6.07) is 19.4. The molecule has 0 unspecified atom stereocenters. The molecule has 300 valence electrons. The highest BCUT2D eigenvalue weighted by molar-refractivity contribution is 7.46. The van der Waals surface area contributed by atoms with Crippen molar-refractivity contribution in [1.82, 2.24) is 20.7 Å². The van der Waals surface area contributed by atoms with Crippen LogP contribution in [0.1, 0.15) is 87.4 Å². The van der Waals surface area contributed by atoms with Crippen LogP contribution in [0.5, 0.6) is 0 Å². The number of Topliss-reactive ketones (excluding diaryl/α,β-unsaturated/α-hetero) is 2. The number of aromatic nitrogens is 1. The molecular weight excluding hydrogens is 723 g/mol. The van der Waals surface area contributed by atoms with E-state index in [0.717, 1.165) is 19.4 Å². The molecule has 0 bridgehead atoms. The van der Waals surface area contributed by atoms with Crippen molar-refractivity contribution >= 4 is 31.2 Å². The first-order chi connectivity index (χ1) is 28.1. The Morgan fingerprint density at radius 2 is 1.55 bits per heavy atom. The van der Waals surface area contributed by atoms with Gasteiger partial charge in [0.25, 0.3) is 0 Å². The average Bonchev–Trinajstić information content (AvgIpc) is 3.14. The van der Waals surface area contributed by atoms with Gasteiger partial charge in [-0.25, -0.2) is 9.57 Å². The van der Waals surface area contributed by atoms with E-state index in [1.807, 2.05) is 45.0 Å². The summed E-state index contributed by atoms with van der Waals surface area (Å²) in [5, 5.41) is 3.76. The van der Waals surface area contributed by atoms with E-state index in [4.69, 9.17) is 13.0 Å². The molecule has 0 saturated carbocycles. The summed E-state index contributed by atoms with van der Waals surface area (Å²) in [5.74, 6) is -4.42. The van der Waals surface area contributed by atoms with Crippen LogP contribution < -0.4 is 10.7 Å². The topological polar surface area (TPSA) is 184 Å². The number of nitrogens with one attached hydrogen (secondary N) is 2. The third-order valence-electron chi connectivity index (χ3n) is 8.89. The summed E-state index contributed by atoms with van der Waals surface area (Å²) in [4.78, 5) is 77.0. The average molecular weight is 787 g/mol. The number of rotatable bonds is 20. The maximum Gasteiger partial charge on any atom is 0.471 e. The van der Waals surface area contributed by atoms with Gasteiger partial charge in [0, 0.05) is 52.8 Å². The van der Waals surface area contributed by atoms with Crippen LogP contribution in [0.3, 0.4) is 0 Å². The number of hydrazine groups is 1. The van der Waals surface area contributed by atoms with Gasteiger partial charge in [0.15, 0.2) is 12.6 Å². The molecule has 14 heteroatoms. The standard InChI is InChI=1S/C41H57N4O9P/c1-28(46)22-34(40(3,4)5)39(49)44-45(25-31-17-19-32(20-18-31)35-16-12-13-21-42-35)26-37(53-27-54-55(50,51)52)33(23-30-14-10-9-11-15-30)24-36(48)38(41(6,7)8)43-29(2)47/h9-21,33-34,37-38H,22-27H2,1-8H3,(H,43,47)(H,44,49)(H2,50,51,52)/t33-,34-,37+,38-/m1/s1/i6D3,7D3. The van der Waals surface area contributed by atoms with Gasteiger partial charge < -0.3 is 24.6 Å². The first kappa shape index (κ1) is 36.5. The molecular formula is C41H57N4O9P. The molecule has 2 aromatic carbocycles. The van der Waals surface area contributed by atoms with E-state index in [2.05, 4.69) is 20.3 Å². The Bertz CT molecular complexity index is 1960. The lowest BCUT2D eigenvalue weighted by Gasteiger charge is -2.36. The Hall–Kier alpha value is -4.10. The monoisotopic (exact) mass is 786 g/mol. The minimum Gasteiger partial charge on any atom is -0.350 e. The molecule has 0 spiro atoms. The summed E-state index contributed by atoms with van der Waals surface area (Å²) in [7, 11) is -5.11. The van der Waals surface area contributed by atoms with E-state index < -0.39 is 87.1 Å². The highest BCUT2D eigenvalue weighted by atomic mass is 31.2. The van der Waals surface area contributed by atoms with Crippen LogP contribution in [0.2, 0.25) is 0 Å². The summed E-state index contributed by atoms with van der Waals surface area (Å²) in [5.41, 5.74) is 2.31. The van der Waals surface area contributed by atoms with Gasteiger partial charge in [-0.3, -0.25) is 29.3 Å². The Labute approximate surface area is 333 Å². The number of ether oxygens (including phenoxy) is 1. The van der Waals surface area contributed by atoms with Crippen molar-refractivity contribution in [3.05, 3.63) is 90.1 Å². The minimum absolute atomic E-state index is 0.00106. The molecule has 2 amide bonds. The number of hydrogen-bond acceptors (Lipinski definition) is 9. The van der Waals surface area contributed by atoms with Crippen LogP contribution in [-0.2, 0) is 46.0 Å². The van der Waals surface area contributed by atoms with Crippen LogP contribution in [0.25, 0.3) is 11.3 Å². The second-order valence-electron chi connectivity index (χ2n) is 15.0. The molecule has 0 saturated heterocycles. The van der Waals surface area contributed by atoms with Crippen LogP contribution in [0.15, 0.2) is 79.0 Å². The second kappa shape index (κ2) is 20.2. The van der Waals surface area contributed by atoms with Gasteiger partial charge in [0.05, 0.1) is 23.8 Å². The van der Waals surface area contributed by atoms with Crippen molar-refractivity contribution in [3.63, 3.8) is 0 Å². The predicted octanol–water partition coefficient (Wildman–Crippen LogP) is 6.04. The fourth-order valence-corrected chi connectivity index (χ4v) is 6.32. The highest BCUT2D eigenvalue weighted by Crippen LogP contribution is 2.36. The number of phosphoric ester groups is 1. The number of carbonyl (C=O) groups is 4. The molecule has 0 aliphatic carbocycles. The van der Waals surface area contributed by atoms with E-state index >= 15 is 0 Å². The maximum absolute atomic E-state index is 14.5. The molecule has 0 aliphatic rings. The Morgan fingerprint density at radius 1 is 0.891 bits per heavy atom. The first-order valence-corrected chi connectivity index (χ1v) is 19.4. The fraction of sp³-hybridized carbons (Fsp3) is 0.488. The van der Waals surface area contributed by atoms with Gasteiger partial charge in [-0.05, 0) is 53.4 Å². The van der Waals surface area contributed by atoms with E-state index in [0.29, 0.717) is 16.8 Å². The van der Waals surface area contributed by atoms with E-state index in [9.17, 15) is 33.5 Å². The molecule has 1 aromatic heterocycles.